The normalized spacial score (nSPS) is 24.2. The van der Waals surface area contributed by atoms with Crippen molar-refractivity contribution in [2.75, 3.05) is 11.9 Å². The summed E-state index contributed by atoms with van der Waals surface area (Å²) in [5.41, 5.74) is 9.01. The first-order valence-electron chi connectivity index (χ1n) is 11.2. The van der Waals surface area contributed by atoms with Crippen LogP contribution in [0.25, 0.3) is 32.0 Å². The molecule has 0 spiro atoms. The number of benzene rings is 2. The summed E-state index contributed by atoms with van der Waals surface area (Å²) in [5.74, 6) is 0.524. The molecule has 1 saturated carbocycles. The van der Waals surface area contributed by atoms with E-state index in [1.807, 2.05) is 48.0 Å². The van der Waals surface area contributed by atoms with Crippen LogP contribution in [0.15, 0.2) is 48.5 Å². The van der Waals surface area contributed by atoms with Crippen LogP contribution < -0.4 is 11.1 Å². The Morgan fingerprint density at radius 3 is 2.73 bits per heavy atom. The zero-order valence-electron chi connectivity index (χ0n) is 18.3. The predicted molar refractivity (Wildman–Crippen MR) is 130 cm³/mol. The molecule has 0 saturated heterocycles. The molecule has 33 heavy (non-hydrogen) atoms. The lowest BCUT2D eigenvalue weighted by molar-refractivity contribution is -0.0760. The van der Waals surface area contributed by atoms with Crippen LogP contribution in [-0.4, -0.2) is 37.9 Å². The molecule has 4 aromatic rings. The van der Waals surface area contributed by atoms with E-state index in [4.69, 9.17) is 15.8 Å². The maximum absolute atomic E-state index is 12.5. The van der Waals surface area contributed by atoms with Crippen LogP contribution in [-0.2, 0) is 0 Å². The van der Waals surface area contributed by atoms with E-state index in [2.05, 4.69) is 17.4 Å². The fraction of sp³-hybridized carbons (Fsp3) is 0.320. The van der Waals surface area contributed by atoms with Crippen molar-refractivity contribution in [3.05, 3.63) is 54.1 Å². The number of aliphatic hydroxyl groups is 1. The van der Waals surface area contributed by atoms with Crippen molar-refractivity contribution < 1.29 is 9.90 Å². The van der Waals surface area contributed by atoms with Gasteiger partial charge in [-0.2, -0.15) is 5.10 Å². The summed E-state index contributed by atoms with van der Waals surface area (Å²) in [6.07, 6.45) is 2.38. The number of amides is 1. The maximum atomic E-state index is 12.5. The molecule has 3 heterocycles. The number of carbonyl (C=O) groups is 1. The van der Waals surface area contributed by atoms with Crippen LogP contribution in [0.3, 0.4) is 0 Å². The number of nitrogens with one attached hydrogen (secondary N) is 1. The number of fused-ring (bicyclic) bond motifs is 2. The number of rotatable bonds is 4. The van der Waals surface area contributed by atoms with Gasteiger partial charge in [0, 0.05) is 17.7 Å². The molecule has 4 N–H and O–H groups in total. The van der Waals surface area contributed by atoms with Crippen molar-refractivity contribution in [1.29, 1.82) is 0 Å². The molecule has 1 aliphatic heterocycles. The summed E-state index contributed by atoms with van der Waals surface area (Å²) in [6, 6.07) is 16.3. The summed E-state index contributed by atoms with van der Waals surface area (Å²) in [4.78, 5) is 17.4. The Balaban J connectivity index is 1.43. The molecule has 1 amide bonds. The molecule has 8 heteroatoms. The summed E-state index contributed by atoms with van der Waals surface area (Å²) in [6.45, 7) is 2.63. The number of nitrogens with zero attached hydrogens (tertiary/aromatic N) is 3. The van der Waals surface area contributed by atoms with Gasteiger partial charge in [0.2, 0.25) is 0 Å². The molecule has 2 aromatic heterocycles. The van der Waals surface area contributed by atoms with E-state index in [0.29, 0.717) is 23.0 Å². The zero-order chi connectivity index (χ0) is 22.7. The lowest BCUT2D eigenvalue weighted by Crippen LogP contribution is -2.46. The number of aromatic nitrogens is 3. The first-order valence-corrected chi connectivity index (χ1v) is 12.1. The van der Waals surface area contributed by atoms with Crippen molar-refractivity contribution in [3.8, 4) is 21.8 Å². The van der Waals surface area contributed by atoms with Gasteiger partial charge in [0.15, 0.2) is 0 Å². The number of carbonyl (C=O) groups excluding carboxylic acids is 1. The molecule has 1 aliphatic carbocycles. The fourth-order valence-corrected chi connectivity index (χ4v) is 6.25. The van der Waals surface area contributed by atoms with Crippen molar-refractivity contribution in [1.82, 2.24) is 14.8 Å². The van der Waals surface area contributed by atoms with Crippen molar-refractivity contribution in [2.45, 2.75) is 37.8 Å². The largest absolute Gasteiger partial charge is 0.390 e. The summed E-state index contributed by atoms with van der Waals surface area (Å²) < 4.78 is 3.01. The van der Waals surface area contributed by atoms with Crippen LogP contribution in [0.2, 0.25) is 0 Å². The van der Waals surface area contributed by atoms with E-state index in [-0.39, 0.29) is 6.04 Å². The highest BCUT2D eigenvalue weighted by molar-refractivity contribution is 7.21. The van der Waals surface area contributed by atoms with Gasteiger partial charge < -0.3 is 16.2 Å². The SMILES string of the molecule is CC1(O)CC(C2CCNc3c(C(N)=O)c(-c4ccc5sc(-c6ccccc6)nc5c4)nn32)C1. The zero-order valence-corrected chi connectivity index (χ0v) is 19.1. The minimum absolute atomic E-state index is 0.140. The van der Waals surface area contributed by atoms with Crippen LogP contribution in [0.4, 0.5) is 5.82 Å². The smallest absolute Gasteiger partial charge is 0.254 e. The average Bonchev–Trinajstić information content (AvgIpc) is 3.39. The second-order valence-corrected chi connectivity index (χ2v) is 10.4. The Labute approximate surface area is 195 Å². The summed E-state index contributed by atoms with van der Waals surface area (Å²) in [5, 5.41) is 19.4. The van der Waals surface area contributed by atoms with Crippen molar-refractivity contribution in [2.24, 2.45) is 11.7 Å². The van der Waals surface area contributed by atoms with Gasteiger partial charge in [-0.25, -0.2) is 9.67 Å². The number of primary amides is 1. The van der Waals surface area contributed by atoms with Gasteiger partial charge in [-0.15, -0.1) is 11.3 Å². The Morgan fingerprint density at radius 1 is 1.21 bits per heavy atom. The van der Waals surface area contributed by atoms with E-state index >= 15 is 0 Å². The molecule has 0 bridgehead atoms. The highest BCUT2D eigenvalue weighted by Crippen LogP contribution is 2.48. The number of hydrogen-bond donors (Lipinski definition) is 3. The summed E-state index contributed by atoms with van der Waals surface area (Å²) in [7, 11) is 0. The number of hydrogen-bond acceptors (Lipinski definition) is 6. The Morgan fingerprint density at radius 2 is 2.00 bits per heavy atom. The van der Waals surface area contributed by atoms with E-state index < -0.39 is 11.5 Å². The molecule has 168 valence electrons. The van der Waals surface area contributed by atoms with Gasteiger partial charge >= 0.3 is 0 Å². The molecule has 1 fully saturated rings. The topological polar surface area (TPSA) is 106 Å². The van der Waals surface area contributed by atoms with Crippen molar-refractivity contribution >= 4 is 33.3 Å². The number of thiazole rings is 1. The van der Waals surface area contributed by atoms with Gasteiger partial charge in [-0.1, -0.05) is 36.4 Å². The van der Waals surface area contributed by atoms with E-state index in [1.165, 1.54) is 0 Å². The minimum atomic E-state index is -0.607. The molecule has 1 unspecified atom stereocenters. The molecule has 0 radical (unpaired) electrons. The highest BCUT2D eigenvalue weighted by atomic mass is 32.1. The van der Waals surface area contributed by atoms with Gasteiger partial charge in [-0.3, -0.25) is 4.79 Å². The molecule has 6 rings (SSSR count). The van der Waals surface area contributed by atoms with Gasteiger partial charge in [-0.05, 0) is 44.2 Å². The van der Waals surface area contributed by atoms with Crippen LogP contribution in [0, 0.1) is 5.92 Å². The third-order valence-corrected chi connectivity index (χ3v) is 7.92. The van der Waals surface area contributed by atoms with Crippen LogP contribution >= 0.6 is 11.3 Å². The molecular formula is C25H25N5O2S. The third-order valence-electron chi connectivity index (χ3n) is 6.83. The quantitative estimate of drug-likeness (QED) is 0.418. The third kappa shape index (κ3) is 3.41. The molecule has 7 nitrogen and oxygen atoms in total. The second-order valence-electron chi connectivity index (χ2n) is 9.40. The lowest BCUT2D eigenvalue weighted by Gasteiger charge is -2.46. The number of anilines is 1. The van der Waals surface area contributed by atoms with Gasteiger partial charge in [0.05, 0.1) is 21.9 Å². The fourth-order valence-electron chi connectivity index (χ4n) is 5.30. The lowest BCUT2D eigenvalue weighted by atomic mass is 9.68. The predicted octanol–water partition coefficient (Wildman–Crippen LogP) is 4.44. The van der Waals surface area contributed by atoms with E-state index in [0.717, 1.165) is 52.2 Å². The number of nitrogens with two attached hydrogens (primary N) is 1. The first-order chi connectivity index (χ1) is 15.9. The van der Waals surface area contributed by atoms with Crippen molar-refractivity contribution in [3.63, 3.8) is 0 Å². The van der Waals surface area contributed by atoms with Gasteiger partial charge in [0.25, 0.3) is 5.91 Å². The van der Waals surface area contributed by atoms with E-state index in [1.54, 1.807) is 11.3 Å². The Hall–Kier alpha value is -3.23. The Bertz CT molecular complexity index is 1370. The molecule has 1 atom stereocenters. The standard InChI is InChI=1S/C25H25N5O2S/c1-25(32)12-16(13-25)18-9-10-27-23-20(22(26)31)21(29-30(18)23)15-7-8-19-17(11-15)28-24(33-19)14-5-3-2-4-6-14/h2-8,11,16,18,27,32H,9-10,12-13H2,1H3,(H2,26,31). The maximum Gasteiger partial charge on any atom is 0.254 e. The summed E-state index contributed by atoms with van der Waals surface area (Å²) >= 11 is 1.64. The second kappa shape index (κ2) is 7.40. The van der Waals surface area contributed by atoms with Crippen LogP contribution in [0.5, 0.6) is 0 Å². The molecule has 2 aliphatic rings. The van der Waals surface area contributed by atoms with Crippen LogP contribution in [0.1, 0.15) is 42.6 Å². The van der Waals surface area contributed by atoms with Gasteiger partial charge in [0.1, 0.15) is 22.1 Å². The monoisotopic (exact) mass is 459 g/mol. The highest BCUT2D eigenvalue weighted by Gasteiger charge is 2.45. The average molecular weight is 460 g/mol. The Kier molecular flexibility index (Phi) is 4.57. The minimum Gasteiger partial charge on any atom is -0.390 e. The molecular weight excluding hydrogens is 434 g/mol. The molecule has 2 aromatic carbocycles. The van der Waals surface area contributed by atoms with E-state index in [9.17, 15) is 9.90 Å². The first kappa shape index (κ1) is 20.4.